The molecule has 12 unspecified atom stereocenters. The van der Waals surface area contributed by atoms with Crippen molar-refractivity contribution in [1.29, 1.82) is 0 Å². The van der Waals surface area contributed by atoms with Gasteiger partial charge in [0.1, 0.15) is 0 Å². The van der Waals surface area contributed by atoms with Crippen molar-refractivity contribution in [2.75, 3.05) is 0 Å². The lowest BCUT2D eigenvalue weighted by molar-refractivity contribution is 0.0333. The summed E-state index contributed by atoms with van der Waals surface area (Å²) in [4.78, 5) is 0. The molecular formula is C100H204. The molecule has 100 heavy (non-hydrogen) atoms. The molecule has 0 aromatic carbocycles. The molecule has 0 aliphatic rings. The number of hydrogen-bond acceptors (Lipinski definition) is 0. The van der Waals surface area contributed by atoms with Gasteiger partial charge in [-0.1, -0.05) is 535 Å². The summed E-state index contributed by atoms with van der Waals surface area (Å²) in [5.74, 6) is 11.2. The lowest BCUT2D eigenvalue weighted by Crippen LogP contribution is -2.38. The van der Waals surface area contributed by atoms with Crippen molar-refractivity contribution in [2.45, 2.75) is 573 Å². The molecule has 0 rings (SSSR count). The van der Waals surface area contributed by atoms with Crippen molar-refractivity contribution in [3.05, 3.63) is 0 Å². The zero-order chi connectivity index (χ0) is 73.8. The molecular weight excluding hydrogens is 1200 g/mol. The Hall–Kier alpha value is 0. The Labute approximate surface area is 640 Å². The van der Waals surface area contributed by atoms with Gasteiger partial charge in [-0.2, -0.15) is 0 Å². The number of unbranched alkanes of at least 4 members (excludes halogenated alkanes) is 45. The Morgan fingerprint density at radius 2 is 0.410 bits per heavy atom. The van der Waals surface area contributed by atoms with Crippen molar-refractivity contribution in [3.63, 3.8) is 0 Å². The van der Waals surface area contributed by atoms with Crippen LogP contribution < -0.4 is 0 Å². The molecule has 0 amide bonds. The van der Waals surface area contributed by atoms with E-state index in [9.17, 15) is 0 Å². The van der Waals surface area contributed by atoms with Crippen molar-refractivity contribution in [2.24, 2.45) is 71.0 Å². The van der Waals surface area contributed by atoms with Gasteiger partial charge in [-0.3, -0.25) is 0 Å². The third kappa shape index (κ3) is 62.0. The molecule has 0 bridgehead atoms. The van der Waals surface area contributed by atoms with E-state index >= 15 is 0 Å². The molecule has 604 valence electrons. The molecule has 0 aliphatic carbocycles. The Morgan fingerprint density at radius 3 is 0.770 bits per heavy atom. The minimum atomic E-state index is 0.875. The molecule has 0 aromatic heterocycles. The van der Waals surface area contributed by atoms with Crippen LogP contribution in [0.1, 0.15) is 573 Å². The highest BCUT2D eigenvalue weighted by molar-refractivity contribution is 4.90. The summed E-state index contributed by atoms with van der Waals surface area (Å²) in [5.41, 5.74) is 0. The molecule has 0 aliphatic heterocycles. The van der Waals surface area contributed by atoms with Crippen LogP contribution in [0.5, 0.6) is 0 Å². The van der Waals surface area contributed by atoms with Crippen molar-refractivity contribution in [3.8, 4) is 0 Å². The zero-order valence-corrected chi connectivity index (χ0v) is 73.8. The Morgan fingerprint density at radius 1 is 0.160 bits per heavy atom. The number of hydrogen-bond donors (Lipinski definition) is 0. The van der Waals surface area contributed by atoms with Gasteiger partial charge in [-0.15, -0.1) is 0 Å². The lowest BCUT2D eigenvalue weighted by atomic mass is 9.59. The van der Waals surface area contributed by atoms with Crippen LogP contribution in [0.4, 0.5) is 0 Å². The Bertz CT molecular complexity index is 1460. The molecule has 0 aromatic rings. The zero-order valence-electron chi connectivity index (χ0n) is 73.8. The molecule has 12 atom stereocenters. The first-order chi connectivity index (χ1) is 49.0. The van der Waals surface area contributed by atoms with E-state index in [2.05, 4.69) is 111 Å². The van der Waals surface area contributed by atoms with E-state index in [1.54, 1.807) is 12.8 Å². The van der Waals surface area contributed by atoms with Gasteiger partial charge < -0.3 is 0 Å². The summed E-state index contributed by atoms with van der Waals surface area (Å²) in [6, 6.07) is 0. The molecule has 0 nitrogen and oxygen atoms in total. The Balaban J connectivity index is 0. The molecule has 0 saturated heterocycles. The monoisotopic (exact) mass is 1410 g/mol. The smallest absolute Gasteiger partial charge is 0.0352 e. The van der Waals surface area contributed by atoms with E-state index in [1.165, 1.54) is 449 Å². The third-order valence-corrected chi connectivity index (χ3v) is 26.3. The average molecular weight is 1410 g/mol. The molecule has 0 heteroatoms. The highest BCUT2D eigenvalue weighted by Crippen LogP contribution is 2.49. The largest absolute Gasteiger partial charge is 0.0654 e. The second-order valence-corrected chi connectivity index (χ2v) is 35.7. The fourth-order valence-electron chi connectivity index (χ4n) is 19.8. The van der Waals surface area contributed by atoms with Gasteiger partial charge >= 0.3 is 0 Å². The van der Waals surface area contributed by atoms with Gasteiger partial charge in [-0.05, 0) is 110 Å². The standard InChI is InChI=1S/2C50H102/c1-11-19-24-28-31-33-38-43(9)46(18-8)50(42-35-27-22-14-4)49(37-16-6)48(41-32-23-15-5)44(10)47(40-36-30-26-21-13-3)45(17-7)39-34-29-25-20-12-2;1-7-12-17-22-27-28-33-36-41-48(40-35-30-24-19-14-9-3)45-50(43-38-32-26-21-16-11-5)46-49(42-37-31-25-20-15-10-4)44-47(6)39-34-29-23-18-13-8-2/h43-50H,11-42H2,1-10H3;47-50H,7-46H2,1-6H3. The van der Waals surface area contributed by atoms with Crippen molar-refractivity contribution in [1.82, 2.24) is 0 Å². The van der Waals surface area contributed by atoms with Gasteiger partial charge in [-0.25, -0.2) is 0 Å². The van der Waals surface area contributed by atoms with Gasteiger partial charge in [0, 0.05) is 0 Å². The third-order valence-electron chi connectivity index (χ3n) is 26.3. The topological polar surface area (TPSA) is 0 Å². The van der Waals surface area contributed by atoms with Crippen LogP contribution in [0.25, 0.3) is 0 Å². The minimum absolute atomic E-state index is 0.875. The average Bonchev–Trinajstić information content (AvgIpc) is 0.811. The van der Waals surface area contributed by atoms with Gasteiger partial charge in [0.05, 0.1) is 0 Å². The predicted molar refractivity (Wildman–Crippen MR) is 465 cm³/mol. The van der Waals surface area contributed by atoms with Crippen LogP contribution in [-0.4, -0.2) is 0 Å². The van der Waals surface area contributed by atoms with Crippen molar-refractivity contribution < 1.29 is 0 Å². The Kier molecular flexibility index (Phi) is 83.2. The SMILES string of the molecule is CCCCCCCCC(C)C(CC)C(CCCCCC)C(CCC)C(CCCCC)C(C)C(CCCCCCC)C(CC)CCCCCCC.CCCCCCCCCCC(CCCCCCCC)CC(CCCCCCCC)CC(CCCCCCCC)CC(C)CCCCCCCC. The van der Waals surface area contributed by atoms with E-state index in [-0.39, 0.29) is 0 Å². The second-order valence-electron chi connectivity index (χ2n) is 35.7. The fraction of sp³-hybridized carbons (Fsp3) is 1.00. The van der Waals surface area contributed by atoms with E-state index in [4.69, 9.17) is 0 Å². The van der Waals surface area contributed by atoms with E-state index in [0.717, 1.165) is 71.0 Å². The van der Waals surface area contributed by atoms with Crippen LogP contribution in [0, 0.1) is 71.0 Å². The van der Waals surface area contributed by atoms with Gasteiger partial charge in [0.15, 0.2) is 0 Å². The molecule has 0 fully saturated rings. The summed E-state index contributed by atoms with van der Waals surface area (Å²) in [5, 5.41) is 0. The maximum Gasteiger partial charge on any atom is -0.0352 e. The summed E-state index contributed by atoms with van der Waals surface area (Å²) < 4.78 is 0. The quantitative estimate of drug-likeness (QED) is 0.0533. The molecule has 0 spiro atoms. The fourth-order valence-corrected chi connectivity index (χ4v) is 19.8. The summed E-state index contributed by atoms with van der Waals surface area (Å²) in [6.45, 7) is 39.5. The molecule has 0 radical (unpaired) electrons. The van der Waals surface area contributed by atoms with Crippen LogP contribution in [-0.2, 0) is 0 Å². The molecule has 0 saturated carbocycles. The highest BCUT2D eigenvalue weighted by Gasteiger charge is 2.40. The maximum atomic E-state index is 2.82. The maximum absolute atomic E-state index is 2.82. The van der Waals surface area contributed by atoms with Gasteiger partial charge in [0.2, 0.25) is 0 Å². The highest BCUT2D eigenvalue weighted by atomic mass is 14.5. The van der Waals surface area contributed by atoms with Crippen LogP contribution in [0.2, 0.25) is 0 Å². The minimum Gasteiger partial charge on any atom is -0.0654 e. The first-order valence-electron chi connectivity index (χ1n) is 49.0. The van der Waals surface area contributed by atoms with Crippen molar-refractivity contribution >= 4 is 0 Å². The van der Waals surface area contributed by atoms with Gasteiger partial charge in [0.25, 0.3) is 0 Å². The van der Waals surface area contributed by atoms with Crippen LogP contribution >= 0.6 is 0 Å². The van der Waals surface area contributed by atoms with E-state index < -0.39 is 0 Å². The van der Waals surface area contributed by atoms with E-state index in [0.29, 0.717) is 0 Å². The summed E-state index contributed by atoms with van der Waals surface area (Å²) in [7, 11) is 0. The first kappa shape index (κ1) is 102. The summed E-state index contributed by atoms with van der Waals surface area (Å²) >= 11 is 0. The van der Waals surface area contributed by atoms with E-state index in [1.807, 2.05) is 0 Å². The number of rotatable bonds is 82. The normalized spacial score (nSPS) is 15.6. The second kappa shape index (κ2) is 81.5. The lowest BCUT2D eigenvalue weighted by Gasteiger charge is -2.46. The molecule has 0 heterocycles. The predicted octanol–water partition coefficient (Wildman–Crippen LogP) is 37.8. The van der Waals surface area contributed by atoms with Crippen LogP contribution in [0.15, 0.2) is 0 Å². The molecule has 0 N–H and O–H groups in total. The van der Waals surface area contributed by atoms with Crippen LogP contribution in [0.3, 0.4) is 0 Å². The first-order valence-corrected chi connectivity index (χ1v) is 49.0. The summed E-state index contributed by atoms with van der Waals surface area (Å²) in [6.07, 6.45) is 105.